The van der Waals surface area contributed by atoms with Crippen LogP contribution in [-0.2, 0) is 20.3 Å². The average molecular weight is 379 g/mol. The molecular formula is C19H22FNO4S. The Balaban J connectivity index is 0.000000417. The van der Waals surface area contributed by atoms with E-state index >= 15 is 0 Å². The van der Waals surface area contributed by atoms with Crippen LogP contribution in [0.5, 0.6) is 5.75 Å². The lowest BCUT2D eigenvalue weighted by Crippen LogP contribution is -2.12. The van der Waals surface area contributed by atoms with E-state index in [2.05, 4.69) is 10.1 Å². The fourth-order valence-corrected chi connectivity index (χ4v) is 3.34. The summed E-state index contributed by atoms with van der Waals surface area (Å²) in [6.45, 7) is 2.27. The van der Waals surface area contributed by atoms with Gasteiger partial charge in [-0.1, -0.05) is 12.1 Å². The molecule has 0 spiro atoms. The van der Waals surface area contributed by atoms with E-state index in [9.17, 15) is 13.4 Å². The summed E-state index contributed by atoms with van der Waals surface area (Å²) in [4.78, 5) is 11.8. The third-order valence-electron chi connectivity index (χ3n) is 3.57. The van der Waals surface area contributed by atoms with Crippen molar-refractivity contribution in [2.45, 2.75) is 22.6 Å². The van der Waals surface area contributed by atoms with Gasteiger partial charge in [-0.25, -0.2) is 13.4 Å². The van der Waals surface area contributed by atoms with E-state index < -0.39 is 22.6 Å². The van der Waals surface area contributed by atoms with Gasteiger partial charge in [-0.15, -0.1) is 0 Å². The van der Waals surface area contributed by atoms with Gasteiger partial charge in [0.1, 0.15) is 11.6 Å². The number of hydrogen-bond acceptors (Lipinski definition) is 5. The van der Waals surface area contributed by atoms with Gasteiger partial charge in [-0.3, -0.25) is 0 Å². The average Bonchev–Trinajstić information content (AvgIpc) is 3.26. The Kier molecular flexibility index (Phi) is 8.24. The lowest BCUT2D eigenvalue weighted by molar-refractivity contribution is -0.142. The molecule has 0 bridgehead atoms. The van der Waals surface area contributed by atoms with Crippen LogP contribution >= 0.6 is 0 Å². The molecule has 1 heterocycles. The third-order valence-corrected chi connectivity index (χ3v) is 4.94. The molecule has 1 aliphatic rings. The van der Waals surface area contributed by atoms with Crippen molar-refractivity contribution in [3.8, 4) is 5.75 Å². The Bertz CT molecular complexity index is 742. The fourth-order valence-electron chi connectivity index (χ4n) is 2.22. The molecule has 0 radical (unpaired) electrons. The monoisotopic (exact) mass is 379 g/mol. The SMILES string of the molecule is C1CCNC1.COC(=O)COc1cccc(S(=O)c2cccc(F)c2)c1. The van der Waals surface area contributed by atoms with Gasteiger partial charge in [0.05, 0.1) is 17.9 Å². The van der Waals surface area contributed by atoms with Crippen molar-refractivity contribution < 1.29 is 22.9 Å². The molecule has 140 valence electrons. The highest BCUT2D eigenvalue weighted by Gasteiger charge is 2.10. The standard InChI is InChI=1S/C15H13FO4S.C4H9N/c1-19-15(17)10-20-12-5-3-7-14(9-12)21(18)13-6-2-4-11(16)8-13;1-2-4-5-3-1/h2-9H,10H2,1H3;5H,1-4H2. The number of benzene rings is 2. The van der Waals surface area contributed by atoms with Crippen LogP contribution in [0.15, 0.2) is 58.3 Å². The molecule has 1 unspecified atom stereocenters. The van der Waals surface area contributed by atoms with Crippen molar-refractivity contribution in [3.63, 3.8) is 0 Å². The maximum absolute atomic E-state index is 13.2. The van der Waals surface area contributed by atoms with Crippen LogP contribution in [0.2, 0.25) is 0 Å². The molecule has 5 nitrogen and oxygen atoms in total. The number of halogens is 1. The lowest BCUT2D eigenvalue weighted by Gasteiger charge is -2.07. The second-order valence-corrected chi connectivity index (χ2v) is 7.00. The minimum Gasteiger partial charge on any atom is -0.482 e. The van der Waals surface area contributed by atoms with Crippen LogP contribution in [0.4, 0.5) is 4.39 Å². The van der Waals surface area contributed by atoms with Crippen molar-refractivity contribution in [1.82, 2.24) is 5.32 Å². The summed E-state index contributed by atoms with van der Waals surface area (Å²) in [5.74, 6) is -0.562. The third kappa shape index (κ3) is 6.57. The molecule has 1 atom stereocenters. The van der Waals surface area contributed by atoms with Gasteiger partial charge >= 0.3 is 5.97 Å². The second kappa shape index (κ2) is 10.7. The highest BCUT2D eigenvalue weighted by atomic mass is 32.2. The quantitative estimate of drug-likeness (QED) is 0.810. The van der Waals surface area contributed by atoms with Gasteiger partial charge in [0.15, 0.2) is 6.61 Å². The predicted octanol–water partition coefficient (Wildman–Crippen LogP) is 2.91. The number of carbonyl (C=O) groups excluding carboxylic acids is 1. The number of hydrogen-bond donors (Lipinski definition) is 1. The van der Waals surface area contributed by atoms with Gasteiger partial charge in [-0.2, -0.15) is 0 Å². The van der Waals surface area contributed by atoms with Crippen LogP contribution in [0, 0.1) is 5.82 Å². The van der Waals surface area contributed by atoms with Gasteiger partial charge in [-0.05, 0) is 62.3 Å². The van der Waals surface area contributed by atoms with Crippen LogP contribution < -0.4 is 10.1 Å². The Morgan fingerprint density at radius 3 is 2.35 bits per heavy atom. The highest BCUT2D eigenvalue weighted by molar-refractivity contribution is 7.85. The zero-order valence-electron chi connectivity index (χ0n) is 14.6. The normalized spacial score (nSPS) is 14.1. The van der Waals surface area contributed by atoms with E-state index in [0.29, 0.717) is 15.5 Å². The van der Waals surface area contributed by atoms with Crippen LogP contribution in [0.25, 0.3) is 0 Å². The Hall–Kier alpha value is -2.25. The highest BCUT2D eigenvalue weighted by Crippen LogP contribution is 2.21. The van der Waals surface area contributed by atoms with Gasteiger partial charge in [0.25, 0.3) is 0 Å². The molecule has 0 amide bonds. The summed E-state index contributed by atoms with van der Waals surface area (Å²) in [6.07, 6.45) is 2.78. The molecule has 2 aromatic rings. The van der Waals surface area contributed by atoms with E-state index in [1.807, 2.05) is 0 Å². The molecule has 0 saturated carbocycles. The summed E-state index contributed by atoms with van der Waals surface area (Å²) in [6, 6.07) is 12.1. The van der Waals surface area contributed by atoms with E-state index in [1.165, 1.54) is 51.2 Å². The molecule has 1 fully saturated rings. The fraction of sp³-hybridized carbons (Fsp3) is 0.316. The number of esters is 1. The summed E-state index contributed by atoms with van der Waals surface area (Å²) in [5.41, 5.74) is 0. The minimum atomic E-state index is -1.52. The first kappa shape index (κ1) is 20.1. The van der Waals surface area contributed by atoms with Crippen molar-refractivity contribution in [3.05, 3.63) is 54.3 Å². The molecule has 7 heteroatoms. The molecular weight excluding hydrogens is 357 g/mol. The number of ether oxygens (including phenoxy) is 2. The molecule has 2 aromatic carbocycles. The first-order chi connectivity index (χ1) is 12.6. The van der Waals surface area contributed by atoms with Crippen LogP contribution in [0.3, 0.4) is 0 Å². The molecule has 0 aromatic heterocycles. The van der Waals surface area contributed by atoms with E-state index in [0.717, 1.165) is 0 Å². The smallest absolute Gasteiger partial charge is 0.343 e. The van der Waals surface area contributed by atoms with E-state index in [4.69, 9.17) is 4.74 Å². The van der Waals surface area contributed by atoms with Crippen molar-refractivity contribution in [1.29, 1.82) is 0 Å². The molecule has 1 N–H and O–H groups in total. The Morgan fingerprint density at radius 1 is 1.12 bits per heavy atom. The Morgan fingerprint density at radius 2 is 1.77 bits per heavy atom. The maximum atomic E-state index is 13.2. The summed E-state index contributed by atoms with van der Waals surface area (Å²) in [5, 5.41) is 3.22. The van der Waals surface area contributed by atoms with Crippen LogP contribution in [0.1, 0.15) is 12.8 Å². The van der Waals surface area contributed by atoms with Crippen molar-refractivity contribution in [2.75, 3.05) is 26.8 Å². The van der Waals surface area contributed by atoms with Gasteiger partial charge in [0.2, 0.25) is 0 Å². The molecule has 3 rings (SSSR count). The first-order valence-electron chi connectivity index (χ1n) is 8.28. The number of rotatable bonds is 5. The molecule has 0 aliphatic carbocycles. The zero-order chi connectivity index (χ0) is 18.8. The summed E-state index contributed by atoms with van der Waals surface area (Å²) < 4.78 is 35.2. The van der Waals surface area contributed by atoms with E-state index in [-0.39, 0.29) is 6.61 Å². The number of methoxy groups -OCH3 is 1. The molecule has 26 heavy (non-hydrogen) atoms. The largest absolute Gasteiger partial charge is 0.482 e. The maximum Gasteiger partial charge on any atom is 0.343 e. The summed E-state index contributed by atoms with van der Waals surface area (Å²) >= 11 is 0. The minimum absolute atomic E-state index is 0.230. The molecule has 1 saturated heterocycles. The predicted molar refractivity (Wildman–Crippen MR) is 97.1 cm³/mol. The van der Waals surface area contributed by atoms with Crippen molar-refractivity contribution in [2.24, 2.45) is 0 Å². The number of nitrogens with one attached hydrogen (secondary N) is 1. The van der Waals surface area contributed by atoms with E-state index in [1.54, 1.807) is 30.3 Å². The number of carbonyl (C=O) groups is 1. The molecule has 1 aliphatic heterocycles. The van der Waals surface area contributed by atoms with Gasteiger partial charge < -0.3 is 14.8 Å². The Labute approximate surface area is 155 Å². The zero-order valence-corrected chi connectivity index (χ0v) is 15.4. The summed E-state index contributed by atoms with van der Waals surface area (Å²) in [7, 11) is -0.255. The second-order valence-electron chi connectivity index (χ2n) is 5.52. The van der Waals surface area contributed by atoms with Gasteiger partial charge in [0, 0.05) is 9.79 Å². The first-order valence-corrected chi connectivity index (χ1v) is 9.43. The topological polar surface area (TPSA) is 64.6 Å². The lowest BCUT2D eigenvalue weighted by atomic mass is 10.3. The van der Waals surface area contributed by atoms with Crippen molar-refractivity contribution >= 4 is 16.8 Å². The van der Waals surface area contributed by atoms with Crippen LogP contribution in [-0.4, -0.2) is 37.0 Å².